The lowest BCUT2D eigenvalue weighted by Gasteiger charge is -2.26. The van der Waals surface area contributed by atoms with E-state index in [1.165, 1.54) is 0 Å². The van der Waals surface area contributed by atoms with Gasteiger partial charge in [-0.05, 0) is 0 Å². The normalized spacial score (nSPS) is 24.2. The van der Waals surface area contributed by atoms with Gasteiger partial charge in [0.1, 0.15) is 0 Å². The number of nitrogens with one attached hydrogen (secondary N) is 2. The van der Waals surface area contributed by atoms with E-state index >= 15 is 0 Å². The summed E-state index contributed by atoms with van der Waals surface area (Å²) in [6.07, 6.45) is 0.398. The van der Waals surface area contributed by atoms with Crippen LogP contribution in [0.15, 0.2) is 0 Å². The van der Waals surface area contributed by atoms with Crippen molar-refractivity contribution in [3.05, 3.63) is 0 Å². The number of morpholine rings is 1. The van der Waals surface area contributed by atoms with Crippen molar-refractivity contribution in [3.8, 4) is 0 Å². The molecular formula is C10H19N3O3. The molecular weight excluding hydrogens is 210 g/mol. The van der Waals surface area contributed by atoms with Crippen molar-refractivity contribution < 1.29 is 14.3 Å². The third kappa shape index (κ3) is 3.96. The Bertz CT molecular complexity index is 227. The number of amides is 2. The first-order valence-electron chi connectivity index (χ1n) is 5.79. The van der Waals surface area contributed by atoms with Crippen LogP contribution in [-0.4, -0.2) is 69.6 Å². The van der Waals surface area contributed by atoms with Crippen molar-refractivity contribution in [1.82, 2.24) is 15.5 Å². The molecule has 2 rings (SSSR count). The van der Waals surface area contributed by atoms with Crippen LogP contribution in [0, 0.1) is 0 Å². The van der Waals surface area contributed by atoms with E-state index in [9.17, 15) is 4.79 Å². The molecule has 2 fully saturated rings. The van der Waals surface area contributed by atoms with E-state index in [1.807, 2.05) is 0 Å². The third-order valence-corrected chi connectivity index (χ3v) is 2.65. The SMILES string of the molecule is O=C(NCCNCC1CO1)N1CCOCC1. The number of hydrogen-bond acceptors (Lipinski definition) is 4. The Hall–Kier alpha value is -0.850. The molecule has 2 aliphatic rings. The lowest BCUT2D eigenvalue weighted by Crippen LogP contribution is -2.47. The van der Waals surface area contributed by atoms with Gasteiger partial charge in [-0.15, -0.1) is 0 Å². The second-order valence-electron chi connectivity index (χ2n) is 3.99. The first-order valence-corrected chi connectivity index (χ1v) is 5.79. The van der Waals surface area contributed by atoms with E-state index in [4.69, 9.17) is 9.47 Å². The molecule has 0 aliphatic carbocycles. The number of carbonyl (C=O) groups is 1. The standard InChI is InChI=1S/C10H19N3O3/c14-10(13-3-5-15-6-4-13)12-2-1-11-7-9-8-16-9/h9,11H,1-8H2,(H,12,14). The summed E-state index contributed by atoms with van der Waals surface area (Å²) in [5, 5.41) is 6.10. The van der Waals surface area contributed by atoms with Gasteiger partial charge in [0.2, 0.25) is 0 Å². The van der Waals surface area contributed by atoms with Gasteiger partial charge in [0.15, 0.2) is 0 Å². The quantitative estimate of drug-likeness (QED) is 0.469. The van der Waals surface area contributed by atoms with Gasteiger partial charge in [-0.25, -0.2) is 4.79 Å². The Balaban J connectivity index is 1.48. The summed E-state index contributed by atoms with van der Waals surface area (Å²) < 4.78 is 10.2. The fraction of sp³-hybridized carbons (Fsp3) is 0.900. The van der Waals surface area contributed by atoms with Crippen LogP contribution in [0.25, 0.3) is 0 Å². The highest BCUT2D eigenvalue weighted by Crippen LogP contribution is 2.05. The fourth-order valence-corrected chi connectivity index (χ4v) is 1.59. The molecule has 2 amide bonds. The van der Waals surface area contributed by atoms with Gasteiger partial charge in [0.25, 0.3) is 0 Å². The van der Waals surface area contributed by atoms with Crippen molar-refractivity contribution in [2.45, 2.75) is 6.10 Å². The average molecular weight is 229 g/mol. The summed E-state index contributed by atoms with van der Waals surface area (Å²) >= 11 is 0. The maximum absolute atomic E-state index is 11.6. The molecule has 6 heteroatoms. The van der Waals surface area contributed by atoms with Crippen LogP contribution >= 0.6 is 0 Å². The van der Waals surface area contributed by atoms with Crippen LogP contribution in [0.2, 0.25) is 0 Å². The number of epoxide rings is 1. The number of rotatable bonds is 5. The minimum Gasteiger partial charge on any atom is -0.378 e. The Morgan fingerprint density at radius 2 is 2.06 bits per heavy atom. The Labute approximate surface area is 95.3 Å². The second-order valence-corrected chi connectivity index (χ2v) is 3.99. The first kappa shape index (κ1) is 11.6. The lowest BCUT2D eigenvalue weighted by molar-refractivity contribution is 0.0533. The molecule has 2 saturated heterocycles. The number of nitrogens with zero attached hydrogens (tertiary/aromatic N) is 1. The zero-order valence-corrected chi connectivity index (χ0v) is 9.41. The first-order chi connectivity index (χ1) is 7.86. The highest BCUT2D eigenvalue weighted by atomic mass is 16.6. The Morgan fingerprint density at radius 1 is 1.31 bits per heavy atom. The smallest absolute Gasteiger partial charge is 0.317 e. The molecule has 0 aromatic rings. The summed E-state index contributed by atoms with van der Waals surface area (Å²) in [6.45, 7) is 5.86. The van der Waals surface area contributed by atoms with E-state index in [0.29, 0.717) is 39.0 Å². The fourth-order valence-electron chi connectivity index (χ4n) is 1.59. The molecule has 0 aromatic carbocycles. The predicted molar refractivity (Wildman–Crippen MR) is 58.4 cm³/mol. The zero-order chi connectivity index (χ0) is 11.2. The van der Waals surface area contributed by atoms with Crippen molar-refractivity contribution >= 4 is 6.03 Å². The number of urea groups is 1. The van der Waals surface area contributed by atoms with E-state index in [0.717, 1.165) is 19.7 Å². The van der Waals surface area contributed by atoms with Gasteiger partial charge in [-0.3, -0.25) is 0 Å². The molecule has 0 saturated carbocycles. The molecule has 2 N–H and O–H groups in total. The van der Waals surface area contributed by atoms with Gasteiger partial charge in [0, 0.05) is 32.7 Å². The number of carbonyl (C=O) groups excluding carboxylic acids is 1. The molecule has 6 nitrogen and oxygen atoms in total. The van der Waals surface area contributed by atoms with Gasteiger partial charge < -0.3 is 25.0 Å². The van der Waals surface area contributed by atoms with Crippen LogP contribution in [0.3, 0.4) is 0 Å². The third-order valence-electron chi connectivity index (χ3n) is 2.65. The van der Waals surface area contributed by atoms with Crippen LogP contribution in [-0.2, 0) is 9.47 Å². The summed E-state index contributed by atoms with van der Waals surface area (Å²) in [5.41, 5.74) is 0. The largest absolute Gasteiger partial charge is 0.378 e. The molecule has 0 aromatic heterocycles. The molecule has 92 valence electrons. The van der Waals surface area contributed by atoms with Gasteiger partial charge >= 0.3 is 6.03 Å². The predicted octanol–water partition coefficient (Wildman–Crippen LogP) is -0.983. The second kappa shape index (κ2) is 6.03. The van der Waals surface area contributed by atoms with Crippen molar-refractivity contribution in [2.75, 3.05) is 52.5 Å². The van der Waals surface area contributed by atoms with Crippen LogP contribution in [0.4, 0.5) is 4.79 Å². The van der Waals surface area contributed by atoms with E-state index < -0.39 is 0 Å². The van der Waals surface area contributed by atoms with Gasteiger partial charge in [-0.2, -0.15) is 0 Å². The minimum absolute atomic E-state index is 0.00720. The molecule has 0 bridgehead atoms. The van der Waals surface area contributed by atoms with Crippen molar-refractivity contribution in [1.29, 1.82) is 0 Å². The molecule has 2 aliphatic heterocycles. The Kier molecular flexibility index (Phi) is 4.38. The minimum atomic E-state index is 0.00720. The molecule has 2 heterocycles. The molecule has 16 heavy (non-hydrogen) atoms. The number of ether oxygens (including phenoxy) is 2. The average Bonchev–Trinajstić information content (AvgIpc) is 3.13. The summed E-state index contributed by atoms with van der Waals surface area (Å²) in [4.78, 5) is 13.4. The van der Waals surface area contributed by atoms with E-state index in [2.05, 4.69) is 10.6 Å². The molecule has 1 atom stereocenters. The lowest BCUT2D eigenvalue weighted by atomic mass is 10.4. The van der Waals surface area contributed by atoms with Crippen molar-refractivity contribution in [3.63, 3.8) is 0 Å². The highest BCUT2D eigenvalue weighted by Gasteiger charge is 2.21. The number of hydrogen-bond donors (Lipinski definition) is 2. The maximum atomic E-state index is 11.6. The van der Waals surface area contributed by atoms with E-state index in [1.54, 1.807) is 4.90 Å². The molecule has 0 radical (unpaired) electrons. The zero-order valence-electron chi connectivity index (χ0n) is 9.41. The summed E-state index contributed by atoms with van der Waals surface area (Å²) in [6, 6.07) is 0.00720. The van der Waals surface area contributed by atoms with Gasteiger partial charge in [0.05, 0.1) is 25.9 Å². The molecule has 1 unspecified atom stereocenters. The van der Waals surface area contributed by atoms with E-state index in [-0.39, 0.29) is 6.03 Å². The Morgan fingerprint density at radius 3 is 2.75 bits per heavy atom. The maximum Gasteiger partial charge on any atom is 0.317 e. The molecule has 0 spiro atoms. The topological polar surface area (TPSA) is 66.1 Å². The monoisotopic (exact) mass is 229 g/mol. The van der Waals surface area contributed by atoms with Crippen LogP contribution < -0.4 is 10.6 Å². The van der Waals surface area contributed by atoms with Crippen LogP contribution in [0.1, 0.15) is 0 Å². The van der Waals surface area contributed by atoms with Crippen molar-refractivity contribution in [2.24, 2.45) is 0 Å². The summed E-state index contributed by atoms with van der Waals surface area (Å²) in [5.74, 6) is 0. The van der Waals surface area contributed by atoms with Crippen LogP contribution in [0.5, 0.6) is 0 Å². The highest BCUT2D eigenvalue weighted by molar-refractivity contribution is 5.74. The summed E-state index contributed by atoms with van der Waals surface area (Å²) in [7, 11) is 0. The van der Waals surface area contributed by atoms with Gasteiger partial charge in [-0.1, -0.05) is 0 Å².